The quantitative estimate of drug-likeness (QED) is 0.800. The molecule has 2 nitrogen and oxygen atoms in total. The second-order valence-corrected chi connectivity index (χ2v) is 4.44. The third-order valence-electron chi connectivity index (χ3n) is 3.08. The van der Waals surface area contributed by atoms with Crippen LogP contribution in [0.15, 0.2) is 30.3 Å². The summed E-state index contributed by atoms with van der Waals surface area (Å²) in [6.07, 6.45) is 2.44. The zero-order valence-electron chi connectivity index (χ0n) is 9.45. The molecule has 2 rings (SSSR count). The Kier molecular flexibility index (Phi) is 3.75. The van der Waals surface area contributed by atoms with Crippen molar-refractivity contribution in [3.8, 4) is 0 Å². The molecule has 15 heavy (non-hydrogen) atoms. The Labute approximate surface area is 92.3 Å². The lowest BCUT2D eigenvalue weighted by Crippen LogP contribution is -2.32. The standard InChI is InChI=1S/C13H20N2/c1-15-10-8-13(11-15)14-9-7-12-5-3-2-4-6-12/h2-6,13-14H,7-11H2,1H3/t13-/m1/s1. The molecule has 0 aromatic heterocycles. The smallest absolute Gasteiger partial charge is 0.0207 e. The van der Waals surface area contributed by atoms with Crippen molar-refractivity contribution in [3.63, 3.8) is 0 Å². The fraction of sp³-hybridized carbons (Fsp3) is 0.538. The Morgan fingerprint density at radius 1 is 1.33 bits per heavy atom. The predicted octanol–water partition coefficient (Wildman–Crippen LogP) is 1.52. The molecular formula is C13H20N2. The van der Waals surface area contributed by atoms with E-state index in [4.69, 9.17) is 0 Å². The molecule has 1 aliphatic rings. The van der Waals surface area contributed by atoms with E-state index < -0.39 is 0 Å². The average molecular weight is 204 g/mol. The summed E-state index contributed by atoms with van der Waals surface area (Å²) < 4.78 is 0. The molecule has 1 N–H and O–H groups in total. The van der Waals surface area contributed by atoms with Crippen molar-refractivity contribution in [3.05, 3.63) is 35.9 Å². The lowest BCUT2D eigenvalue weighted by molar-refractivity contribution is 0.398. The highest BCUT2D eigenvalue weighted by Crippen LogP contribution is 2.06. The molecule has 0 spiro atoms. The normalized spacial score (nSPS) is 22.1. The number of nitrogens with zero attached hydrogens (tertiary/aromatic N) is 1. The molecule has 82 valence electrons. The Balaban J connectivity index is 1.67. The van der Waals surface area contributed by atoms with Crippen LogP contribution in [0.2, 0.25) is 0 Å². The molecule has 0 radical (unpaired) electrons. The highest BCUT2D eigenvalue weighted by atomic mass is 15.2. The molecular weight excluding hydrogens is 184 g/mol. The van der Waals surface area contributed by atoms with Crippen molar-refractivity contribution >= 4 is 0 Å². The van der Waals surface area contributed by atoms with Gasteiger partial charge in [-0.15, -0.1) is 0 Å². The number of nitrogens with one attached hydrogen (secondary N) is 1. The molecule has 2 heteroatoms. The zero-order chi connectivity index (χ0) is 10.5. The summed E-state index contributed by atoms with van der Waals surface area (Å²) in [4.78, 5) is 2.39. The van der Waals surface area contributed by atoms with Gasteiger partial charge in [-0.25, -0.2) is 0 Å². The highest BCUT2D eigenvalue weighted by molar-refractivity contribution is 5.14. The topological polar surface area (TPSA) is 15.3 Å². The minimum Gasteiger partial charge on any atom is -0.312 e. The van der Waals surface area contributed by atoms with Crippen LogP contribution in [0.3, 0.4) is 0 Å². The van der Waals surface area contributed by atoms with Gasteiger partial charge in [0.1, 0.15) is 0 Å². The van der Waals surface area contributed by atoms with Crippen molar-refractivity contribution in [2.75, 3.05) is 26.7 Å². The van der Waals surface area contributed by atoms with Crippen molar-refractivity contribution < 1.29 is 0 Å². The Hall–Kier alpha value is -0.860. The van der Waals surface area contributed by atoms with Crippen LogP contribution in [0.4, 0.5) is 0 Å². The first kappa shape index (κ1) is 10.7. The van der Waals surface area contributed by atoms with Crippen LogP contribution in [0.25, 0.3) is 0 Å². The summed E-state index contributed by atoms with van der Waals surface area (Å²) in [5, 5.41) is 3.62. The maximum atomic E-state index is 3.62. The highest BCUT2D eigenvalue weighted by Gasteiger charge is 2.17. The van der Waals surface area contributed by atoms with Crippen LogP contribution in [0.1, 0.15) is 12.0 Å². The van der Waals surface area contributed by atoms with E-state index >= 15 is 0 Å². The number of benzene rings is 1. The van der Waals surface area contributed by atoms with E-state index in [1.54, 1.807) is 0 Å². The Bertz CT molecular complexity index is 284. The summed E-state index contributed by atoms with van der Waals surface area (Å²) in [5.74, 6) is 0. The van der Waals surface area contributed by atoms with Gasteiger partial charge in [-0.2, -0.15) is 0 Å². The van der Waals surface area contributed by atoms with Gasteiger partial charge in [-0.3, -0.25) is 0 Å². The van der Waals surface area contributed by atoms with Crippen LogP contribution < -0.4 is 5.32 Å². The molecule has 0 bridgehead atoms. The van der Waals surface area contributed by atoms with Gasteiger partial charge in [0.2, 0.25) is 0 Å². The van der Waals surface area contributed by atoms with Gasteiger partial charge >= 0.3 is 0 Å². The van der Waals surface area contributed by atoms with E-state index in [9.17, 15) is 0 Å². The van der Waals surface area contributed by atoms with Crippen LogP contribution in [-0.2, 0) is 6.42 Å². The molecule has 1 saturated heterocycles. The first-order valence-electron chi connectivity index (χ1n) is 5.80. The average Bonchev–Trinajstić information content (AvgIpc) is 2.66. The molecule has 1 aromatic rings. The van der Waals surface area contributed by atoms with Crippen LogP contribution in [-0.4, -0.2) is 37.6 Å². The zero-order valence-corrected chi connectivity index (χ0v) is 9.45. The SMILES string of the molecule is CN1CC[C@@H](NCCc2ccccc2)C1. The molecule has 1 heterocycles. The van der Waals surface area contributed by atoms with E-state index in [1.807, 2.05) is 0 Å². The van der Waals surface area contributed by atoms with E-state index in [1.165, 1.54) is 25.1 Å². The van der Waals surface area contributed by atoms with Crippen LogP contribution in [0.5, 0.6) is 0 Å². The van der Waals surface area contributed by atoms with Gasteiger partial charge in [0.25, 0.3) is 0 Å². The predicted molar refractivity (Wildman–Crippen MR) is 64.1 cm³/mol. The molecule has 0 unspecified atom stereocenters. The fourth-order valence-corrected chi connectivity index (χ4v) is 2.17. The van der Waals surface area contributed by atoms with Crippen molar-refractivity contribution in [2.24, 2.45) is 0 Å². The van der Waals surface area contributed by atoms with Gasteiger partial charge in [0.15, 0.2) is 0 Å². The third kappa shape index (κ3) is 3.33. The van der Waals surface area contributed by atoms with Gasteiger partial charge < -0.3 is 10.2 Å². The monoisotopic (exact) mass is 204 g/mol. The fourth-order valence-electron chi connectivity index (χ4n) is 2.17. The van der Waals surface area contributed by atoms with Crippen molar-refractivity contribution in [2.45, 2.75) is 18.9 Å². The summed E-state index contributed by atoms with van der Waals surface area (Å²) in [7, 11) is 2.19. The molecule has 0 saturated carbocycles. The van der Waals surface area contributed by atoms with Gasteiger partial charge in [0, 0.05) is 12.6 Å². The third-order valence-corrected chi connectivity index (χ3v) is 3.08. The maximum Gasteiger partial charge on any atom is 0.0207 e. The van der Waals surface area contributed by atoms with Crippen LogP contribution in [0, 0.1) is 0 Å². The number of likely N-dealkylation sites (tertiary alicyclic amines) is 1. The van der Waals surface area contributed by atoms with E-state index in [0.717, 1.165) is 13.0 Å². The second-order valence-electron chi connectivity index (χ2n) is 4.44. The van der Waals surface area contributed by atoms with E-state index in [0.29, 0.717) is 6.04 Å². The summed E-state index contributed by atoms with van der Waals surface area (Å²) >= 11 is 0. The second kappa shape index (κ2) is 5.29. The van der Waals surface area contributed by atoms with E-state index in [-0.39, 0.29) is 0 Å². The molecule has 0 amide bonds. The summed E-state index contributed by atoms with van der Waals surface area (Å²) in [6, 6.07) is 11.4. The Morgan fingerprint density at radius 3 is 2.80 bits per heavy atom. The number of hydrogen-bond donors (Lipinski definition) is 1. The molecule has 1 fully saturated rings. The Morgan fingerprint density at radius 2 is 2.13 bits per heavy atom. The first-order valence-corrected chi connectivity index (χ1v) is 5.80. The lowest BCUT2D eigenvalue weighted by Gasteiger charge is -2.12. The minimum atomic E-state index is 0.707. The van der Waals surface area contributed by atoms with E-state index in [2.05, 4.69) is 47.6 Å². The first-order chi connectivity index (χ1) is 7.34. The number of rotatable bonds is 4. The number of hydrogen-bond acceptors (Lipinski definition) is 2. The van der Waals surface area contributed by atoms with Crippen molar-refractivity contribution in [1.29, 1.82) is 0 Å². The minimum absolute atomic E-state index is 0.707. The largest absolute Gasteiger partial charge is 0.312 e. The summed E-state index contributed by atoms with van der Waals surface area (Å²) in [5.41, 5.74) is 1.43. The van der Waals surface area contributed by atoms with Gasteiger partial charge in [-0.05, 0) is 38.5 Å². The molecule has 1 aliphatic heterocycles. The maximum absolute atomic E-state index is 3.62. The van der Waals surface area contributed by atoms with Gasteiger partial charge in [0.05, 0.1) is 0 Å². The van der Waals surface area contributed by atoms with Crippen molar-refractivity contribution in [1.82, 2.24) is 10.2 Å². The summed E-state index contributed by atoms with van der Waals surface area (Å²) in [6.45, 7) is 3.54. The lowest BCUT2D eigenvalue weighted by atomic mass is 10.1. The molecule has 1 atom stereocenters. The van der Waals surface area contributed by atoms with Crippen LogP contribution >= 0.6 is 0 Å². The number of likely N-dealkylation sites (N-methyl/N-ethyl adjacent to an activating group) is 1. The molecule has 0 aliphatic carbocycles. The van der Waals surface area contributed by atoms with Gasteiger partial charge in [-0.1, -0.05) is 30.3 Å². The molecule has 1 aromatic carbocycles.